The lowest BCUT2D eigenvalue weighted by atomic mass is 10.0. The average Bonchev–Trinajstić information content (AvgIpc) is 3.11. The Balaban J connectivity index is 1.47. The van der Waals surface area contributed by atoms with E-state index in [9.17, 15) is 9.18 Å². The molecule has 1 aliphatic rings. The van der Waals surface area contributed by atoms with Gasteiger partial charge in [-0.25, -0.2) is 4.39 Å². The van der Waals surface area contributed by atoms with Crippen LogP contribution in [0.4, 0.5) is 4.39 Å². The number of amides is 1. The zero-order chi connectivity index (χ0) is 17.9. The fraction of sp³-hybridized carbons (Fsp3) is 0.211. The number of carbonyl (C=O) groups is 1. The first-order valence-electron chi connectivity index (χ1n) is 8.33. The number of hydrogen-bond acceptors (Lipinski definition) is 4. The summed E-state index contributed by atoms with van der Waals surface area (Å²) in [7, 11) is 0. The Hall–Kier alpha value is -3.22. The van der Waals surface area contributed by atoms with E-state index >= 15 is 0 Å². The predicted octanol–water partition coefficient (Wildman–Crippen LogP) is 2.57. The van der Waals surface area contributed by atoms with Gasteiger partial charge < -0.3 is 9.64 Å². The Morgan fingerprint density at radius 2 is 2.12 bits per heavy atom. The number of ether oxygens (including phenoxy) is 1. The number of hydrogen-bond donors (Lipinski definition) is 1. The van der Waals surface area contributed by atoms with E-state index in [0.717, 1.165) is 22.5 Å². The Bertz CT molecular complexity index is 909. The number of aromatic amines is 1. The van der Waals surface area contributed by atoms with Gasteiger partial charge in [0.15, 0.2) is 6.61 Å². The van der Waals surface area contributed by atoms with Gasteiger partial charge in [-0.3, -0.25) is 14.9 Å². The third-order valence-electron chi connectivity index (χ3n) is 4.40. The molecule has 0 spiro atoms. The van der Waals surface area contributed by atoms with Crippen molar-refractivity contribution in [3.63, 3.8) is 0 Å². The van der Waals surface area contributed by atoms with E-state index in [-0.39, 0.29) is 18.3 Å². The lowest BCUT2D eigenvalue weighted by molar-refractivity contribution is -0.134. The van der Waals surface area contributed by atoms with Crippen LogP contribution in [0.2, 0.25) is 0 Å². The van der Waals surface area contributed by atoms with E-state index < -0.39 is 0 Å². The second-order valence-electron chi connectivity index (χ2n) is 6.08. The van der Waals surface area contributed by atoms with Crippen LogP contribution < -0.4 is 4.74 Å². The van der Waals surface area contributed by atoms with E-state index in [4.69, 9.17) is 4.74 Å². The highest BCUT2D eigenvalue weighted by Gasteiger charge is 2.25. The highest BCUT2D eigenvalue weighted by molar-refractivity contribution is 5.78. The summed E-state index contributed by atoms with van der Waals surface area (Å²) in [5.74, 6) is 0.183. The largest absolute Gasteiger partial charge is 0.482 e. The number of aromatic nitrogens is 3. The third-order valence-corrected chi connectivity index (χ3v) is 4.40. The van der Waals surface area contributed by atoms with Crippen LogP contribution in [-0.2, 0) is 17.8 Å². The fourth-order valence-electron chi connectivity index (χ4n) is 3.02. The number of pyridine rings is 1. The second kappa shape index (κ2) is 6.95. The van der Waals surface area contributed by atoms with Gasteiger partial charge in [0.25, 0.3) is 5.91 Å². The predicted molar refractivity (Wildman–Crippen MR) is 92.8 cm³/mol. The molecule has 0 aliphatic carbocycles. The molecule has 4 rings (SSSR count). The smallest absolute Gasteiger partial charge is 0.260 e. The van der Waals surface area contributed by atoms with Crippen molar-refractivity contribution < 1.29 is 13.9 Å². The van der Waals surface area contributed by atoms with Gasteiger partial charge >= 0.3 is 0 Å². The summed E-state index contributed by atoms with van der Waals surface area (Å²) < 4.78 is 18.7. The maximum atomic E-state index is 13.2. The summed E-state index contributed by atoms with van der Waals surface area (Å²) in [5.41, 5.74) is 3.56. The molecule has 1 amide bonds. The van der Waals surface area contributed by atoms with Gasteiger partial charge in [-0.2, -0.15) is 5.10 Å². The van der Waals surface area contributed by atoms with E-state index in [2.05, 4.69) is 15.2 Å². The molecule has 7 heteroatoms. The summed E-state index contributed by atoms with van der Waals surface area (Å²) in [4.78, 5) is 18.2. The van der Waals surface area contributed by atoms with Gasteiger partial charge in [0, 0.05) is 42.5 Å². The molecule has 0 unspecified atom stereocenters. The molecule has 0 fully saturated rings. The van der Waals surface area contributed by atoms with Crippen LogP contribution in [0, 0.1) is 5.82 Å². The van der Waals surface area contributed by atoms with Gasteiger partial charge in [-0.15, -0.1) is 0 Å². The summed E-state index contributed by atoms with van der Waals surface area (Å²) in [6.45, 7) is 1.02. The number of benzene rings is 1. The first-order chi connectivity index (χ1) is 12.7. The van der Waals surface area contributed by atoms with Crippen LogP contribution in [0.25, 0.3) is 11.3 Å². The molecular weight excluding hydrogens is 335 g/mol. The summed E-state index contributed by atoms with van der Waals surface area (Å²) in [6.07, 6.45) is 3.92. The van der Waals surface area contributed by atoms with Gasteiger partial charge in [0.05, 0.1) is 11.9 Å². The van der Waals surface area contributed by atoms with Crippen molar-refractivity contribution in [2.75, 3.05) is 13.2 Å². The first-order valence-corrected chi connectivity index (χ1v) is 8.33. The highest BCUT2D eigenvalue weighted by Crippen LogP contribution is 2.28. The van der Waals surface area contributed by atoms with Crippen molar-refractivity contribution >= 4 is 5.91 Å². The molecule has 132 valence electrons. The van der Waals surface area contributed by atoms with Gasteiger partial charge in [0.2, 0.25) is 0 Å². The van der Waals surface area contributed by atoms with Gasteiger partial charge in [-0.1, -0.05) is 0 Å². The number of rotatable bonds is 4. The summed E-state index contributed by atoms with van der Waals surface area (Å²) in [6, 6.07) is 9.72. The molecule has 26 heavy (non-hydrogen) atoms. The fourth-order valence-corrected chi connectivity index (χ4v) is 3.02. The zero-order valence-corrected chi connectivity index (χ0v) is 14.0. The topological polar surface area (TPSA) is 71.1 Å². The van der Waals surface area contributed by atoms with E-state index in [1.165, 1.54) is 12.1 Å². The van der Waals surface area contributed by atoms with Crippen molar-refractivity contribution in [2.24, 2.45) is 0 Å². The van der Waals surface area contributed by atoms with Crippen LogP contribution in [0.15, 0.2) is 48.8 Å². The van der Waals surface area contributed by atoms with Crippen LogP contribution in [0.5, 0.6) is 5.75 Å². The molecule has 0 radical (unpaired) electrons. The molecular formula is C19H17FN4O2. The molecule has 3 aromatic rings. The normalized spacial score (nSPS) is 13.3. The Kier molecular flexibility index (Phi) is 4.35. The molecule has 0 saturated heterocycles. The van der Waals surface area contributed by atoms with Crippen LogP contribution in [0.1, 0.15) is 11.3 Å². The quantitative estimate of drug-likeness (QED) is 0.783. The zero-order valence-electron chi connectivity index (χ0n) is 14.0. The lowest BCUT2D eigenvalue weighted by Crippen LogP contribution is -2.38. The van der Waals surface area contributed by atoms with Crippen molar-refractivity contribution in [3.05, 3.63) is 65.9 Å². The number of nitrogens with one attached hydrogen (secondary N) is 1. The van der Waals surface area contributed by atoms with Gasteiger partial charge in [-0.05, 0) is 36.4 Å². The number of carbonyl (C=O) groups excluding carboxylic acids is 1. The van der Waals surface area contributed by atoms with Crippen molar-refractivity contribution in [3.8, 4) is 17.0 Å². The summed E-state index contributed by atoms with van der Waals surface area (Å²) >= 11 is 0. The average molecular weight is 352 g/mol. The molecule has 0 saturated carbocycles. The molecule has 1 aromatic carbocycles. The molecule has 0 atom stereocenters. The first kappa shape index (κ1) is 16.3. The minimum absolute atomic E-state index is 0.0369. The molecule has 2 aromatic heterocycles. The maximum Gasteiger partial charge on any atom is 0.260 e. The minimum atomic E-state index is -0.289. The van der Waals surface area contributed by atoms with Crippen LogP contribution >= 0.6 is 0 Å². The lowest BCUT2D eigenvalue weighted by Gasteiger charge is -2.27. The third kappa shape index (κ3) is 3.28. The van der Waals surface area contributed by atoms with E-state index in [1.54, 1.807) is 41.6 Å². The number of nitrogens with zero attached hydrogens (tertiary/aromatic N) is 3. The Labute approximate surface area is 149 Å². The second-order valence-corrected chi connectivity index (χ2v) is 6.08. The molecule has 3 heterocycles. The molecule has 1 N–H and O–H groups in total. The standard InChI is InChI=1S/C19H17FN4O2/c20-14-5-3-13(4-6-14)19-16-11-24(9-7-17(16)22-23-19)18(25)12-26-15-2-1-8-21-10-15/h1-6,8,10H,7,9,11-12H2,(H,22,23). The number of halogens is 1. The summed E-state index contributed by atoms with van der Waals surface area (Å²) in [5, 5.41) is 7.40. The molecule has 6 nitrogen and oxygen atoms in total. The van der Waals surface area contributed by atoms with Crippen LogP contribution in [0.3, 0.4) is 0 Å². The number of fused-ring (bicyclic) bond motifs is 1. The number of H-pyrrole nitrogens is 1. The highest BCUT2D eigenvalue weighted by atomic mass is 19.1. The maximum absolute atomic E-state index is 13.2. The van der Waals surface area contributed by atoms with E-state index in [1.807, 2.05) is 0 Å². The van der Waals surface area contributed by atoms with Gasteiger partial charge in [0.1, 0.15) is 11.6 Å². The van der Waals surface area contributed by atoms with Crippen LogP contribution in [-0.4, -0.2) is 39.1 Å². The van der Waals surface area contributed by atoms with Crippen molar-refractivity contribution in [2.45, 2.75) is 13.0 Å². The molecule has 1 aliphatic heterocycles. The van der Waals surface area contributed by atoms with Crippen molar-refractivity contribution in [1.29, 1.82) is 0 Å². The van der Waals surface area contributed by atoms with E-state index in [0.29, 0.717) is 25.3 Å². The Morgan fingerprint density at radius 3 is 2.88 bits per heavy atom. The SMILES string of the molecule is O=C(COc1cccnc1)N1CCc2[nH]nc(-c3ccc(F)cc3)c2C1. The van der Waals surface area contributed by atoms with Crippen molar-refractivity contribution in [1.82, 2.24) is 20.1 Å². The Morgan fingerprint density at radius 1 is 1.27 bits per heavy atom. The minimum Gasteiger partial charge on any atom is -0.482 e. The molecule has 0 bridgehead atoms. The monoisotopic (exact) mass is 352 g/mol.